The van der Waals surface area contributed by atoms with Crippen LogP contribution in [0.2, 0.25) is 0 Å². The van der Waals surface area contributed by atoms with Gasteiger partial charge in [-0.1, -0.05) is 5.16 Å². The smallest absolute Gasteiger partial charge is 0.240 e. The minimum Gasteiger partial charge on any atom is -0.379 e. The molecule has 1 aliphatic heterocycles. The van der Waals surface area contributed by atoms with Crippen molar-refractivity contribution < 1.29 is 9.26 Å². The molecule has 1 aromatic heterocycles. The summed E-state index contributed by atoms with van der Waals surface area (Å²) in [6.45, 7) is 5.27. The maximum absolute atomic E-state index is 5.29. The van der Waals surface area contributed by atoms with Crippen LogP contribution in [0.25, 0.3) is 0 Å². The van der Waals surface area contributed by atoms with Crippen molar-refractivity contribution in [2.45, 2.75) is 13.0 Å². The number of morpholine rings is 1. The van der Waals surface area contributed by atoms with Crippen LogP contribution >= 0.6 is 0 Å². The second-order valence-electron chi connectivity index (χ2n) is 3.84. The zero-order valence-electron chi connectivity index (χ0n) is 9.61. The zero-order chi connectivity index (χ0) is 11.2. The van der Waals surface area contributed by atoms with E-state index in [1.807, 2.05) is 7.05 Å². The van der Waals surface area contributed by atoms with Crippen LogP contribution in [0.3, 0.4) is 0 Å². The number of rotatable bonds is 5. The van der Waals surface area contributed by atoms with Gasteiger partial charge in [0.05, 0.1) is 19.8 Å². The lowest BCUT2D eigenvalue weighted by atomic mass is 10.3. The molecule has 0 bridgehead atoms. The van der Waals surface area contributed by atoms with E-state index < -0.39 is 0 Å². The van der Waals surface area contributed by atoms with Gasteiger partial charge in [-0.25, -0.2) is 0 Å². The minimum absolute atomic E-state index is 0.630. The summed E-state index contributed by atoms with van der Waals surface area (Å²) < 4.78 is 10.4. The molecule has 0 spiro atoms. The fourth-order valence-corrected chi connectivity index (χ4v) is 1.70. The second kappa shape index (κ2) is 5.93. The van der Waals surface area contributed by atoms with Crippen molar-refractivity contribution in [3.63, 3.8) is 0 Å². The number of hydrogen-bond donors (Lipinski definition) is 1. The van der Waals surface area contributed by atoms with Crippen molar-refractivity contribution in [1.82, 2.24) is 20.4 Å². The van der Waals surface area contributed by atoms with Gasteiger partial charge in [0.15, 0.2) is 5.82 Å². The third kappa shape index (κ3) is 3.26. The van der Waals surface area contributed by atoms with Gasteiger partial charge in [0.2, 0.25) is 5.89 Å². The summed E-state index contributed by atoms with van der Waals surface area (Å²) in [5, 5.41) is 6.91. The maximum atomic E-state index is 5.29. The SMILES string of the molecule is CNCc1nc(CCN2CCOCC2)no1. The third-order valence-corrected chi connectivity index (χ3v) is 2.59. The highest BCUT2D eigenvalue weighted by molar-refractivity contribution is 4.87. The van der Waals surface area contributed by atoms with Crippen molar-refractivity contribution in [3.05, 3.63) is 11.7 Å². The standard InChI is InChI=1S/C10H18N4O2/c1-11-8-10-12-9(13-16-10)2-3-14-4-6-15-7-5-14/h11H,2-8H2,1H3. The lowest BCUT2D eigenvalue weighted by Crippen LogP contribution is -2.37. The summed E-state index contributed by atoms with van der Waals surface area (Å²) in [5.74, 6) is 1.44. The Bertz CT molecular complexity index is 310. The lowest BCUT2D eigenvalue weighted by Gasteiger charge is -2.25. The highest BCUT2D eigenvalue weighted by Crippen LogP contribution is 2.01. The summed E-state index contributed by atoms with van der Waals surface area (Å²) in [5.41, 5.74) is 0. The molecule has 0 aliphatic carbocycles. The van der Waals surface area contributed by atoms with Gasteiger partial charge in [-0.3, -0.25) is 4.90 Å². The Morgan fingerprint density at radius 2 is 2.19 bits per heavy atom. The molecule has 1 fully saturated rings. The Hall–Kier alpha value is -0.980. The van der Waals surface area contributed by atoms with E-state index in [2.05, 4.69) is 20.4 Å². The second-order valence-corrected chi connectivity index (χ2v) is 3.84. The fourth-order valence-electron chi connectivity index (χ4n) is 1.70. The number of aromatic nitrogens is 2. The molecule has 1 saturated heterocycles. The van der Waals surface area contributed by atoms with Gasteiger partial charge in [-0.2, -0.15) is 4.98 Å². The number of nitrogens with zero attached hydrogens (tertiary/aromatic N) is 3. The van der Waals surface area contributed by atoms with E-state index in [1.54, 1.807) is 0 Å². The molecular formula is C10H18N4O2. The molecule has 0 atom stereocenters. The summed E-state index contributed by atoms with van der Waals surface area (Å²) in [6.07, 6.45) is 0.840. The molecule has 1 N–H and O–H groups in total. The Morgan fingerprint density at radius 1 is 1.38 bits per heavy atom. The van der Waals surface area contributed by atoms with E-state index in [4.69, 9.17) is 9.26 Å². The van der Waals surface area contributed by atoms with E-state index in [-0.39, 0.29) is 0 Å². The molecule has 1 aromatic rings. The highest BCUT2D eigenvalue weighted by atomic mass is 16.5. The lowest BCUT2D eigenvalue weighted by molar-refractivity contribution is 0.0381. The van der Waals surface area contributed by atoms with Crippen molar-refractivity contribution >= 4 is 0 Å². The summed E-state index contributed by atoms with van der Waals surface area (Å²) >= 11 is 0. The van der Waals surface area contributed by atoms with Gasteiger partial charge in [-0.15, -0.1) is 0 Å². The van der Waals surface area contributed by atoms with Gasteiger partial charge in [0.25, 0.3) is 0 Å². The summed E-state index contributed by atoms with van der Waals surface area (Å²) in [7, 11) is 1.86. The number of hydrogen-bond acceptors (Lipinski definition) is 6. The van der Waals surface area contributed by atoms with Crippen molar-refractivity contribution in [2.75, 3.05) is 39.9 Å². The van der Waals surface area contributed by atoms with Crippen LogP contribution in [0.1, 0.15) is 11.7 Å². The van der Waals surface area contributed by atoms with Crippen molar-refractivity contribution in [2.24, 2.45) is 0 Å². The Labute approximate surface area is 95.0 Å². The molecule has 2 heterocycles. The first kappa shape index (κ1) is 11.5. The van der Waals surface area contributed by atoms with Crippen LogP contribution in [-0.4, -0.2) is 54.9 Å². The van der Waals surface area contributed by atoms with E-state index in [1.165, 1.54) is 0 Å². The first-order valence-corrected chi connectivity index (χ1v) is 5.64. The van der Waals surface area contributed by atoms with Gasteiger partial charge in [0.1, 0.15) is 0 Å². The van der Waals surface area contributed by atoms with Crippen LogP contribution in [0.4, 0.5) is 0 Å². The molecule has 16 heavy (non-hydrogen) atoms. The predicted octanol–water partition coefficient (Wildman–Crippen LogP) is -0.336. The van der Waals surface area contributed by atoms with E-state index in [0.29, 0.717) is 12.4 Å². The topological polar surface area (TPSA) is 63.4 Å². The van der Waals surface area contributed by atoms with Crippen LogP contribution < -0.4 is 5.32 Å². The first-order chi connectivity index (χ1) is 7.88. The molecule has 0 radical (unpaired) electrons. The number of ether oxygens (including phenoxy) is 1. The quantitative estimate of drug-likeness (QED) is 0.741. The highest BCUT2D eigenvalue weighted by Gasteiger charge is 2.12. The summed E-state index contributed by atoms with van der Waals surface area (Å²) in [6, 6.07) is 0. The van der Waals surface area contributed by atoms with Crippen LogP contribution in [0.5, 0.6) is 0 Å². The van der Waals surface area contributed by atoms with Crippen LogP contribution in [0.15, 0.2) is 4.52 Å². The van der Waals surface area contributed by atoms with Gasteiger partial charge in [0, 0.05) is 26.1 Å². The Kier molecular flexibility index (Phi) is 4.26. The molecular weight excluding hydrogens is 208 g/mol. The summed E-state index contributed by atoms with van der Waals surface area (Å²) in [4.78, 5) is 6.64. The average Bonchev–Trinajstić information content (AvgIpc) is 2.76. The number of nitrogens with one attached hydrogen (secondary N) is 1. The molecule has 90 valence electrons. The van der Waals surface area contributed by atoms with E-state index in [9.17, 15) is 0 Å². The molecule has 1 aliphatic rings. The molecule has 6 heteroatoms. The predicted molar refractivity (Wildman–Crippen MR) is 58.0 cm³/mol. The molecule has 6 nitrogen and oxygen atoms in total. The molecule has 2 rings (SSSR count). The molecule has 0 unspecified atom stereocenters. The van der Waals surface area contributed by atoms with Gasteiger partial charge < -0.3 is 14.6 Å². The van der Waals surface area contributed by atoms with Gasteiger partial charge >= 0.3 is 0 Å². The largest absolute Gasteiger partial charge is 0.379 e. The van der Waals surface area contributed by atoms with E-state index in [0.717, 1.165) is 45.1 Å². The molecule has 0 aromatic carbocycles. The monoisotopic (exact) mass is 226 g/mol. The zero-order valence-corrected chi connectivity index (χ0v) is 9.61. The van der Waals surface area contributed by atoms with Gasteiger partial charge in [-0.05, 0) is 7.05 Å². The van der Waals surface area contributed by atoms with Crippen molar-refractivity contribution in [1.29, 1.82) is 0 Å². The van der Waals surface area contributed by atoms with Crippen molar-refractivity contribution in [3.8, 4) is 0 Å². The van der Waals surface area contributed by atoms with Crippen LogP contribution in [0, 0.1) is 0 Å². The normalized spacial score (nSPS) is 17.8. The Morgan fingerprint density at radius 3 is 2.94 bits per heavy atom. The molecule has 0 amide bonds. The van der Waals surface area contributed by atoms with E-state index >= 15 is 0 Å². The average molecular weight is 226 g/mol. The minimum atomic E-state index is 0.630. The van der Waals surface area contributed by atoms with Crippen LogP contribution in [-0.2, 0) is 17.7 Å². The molecule has 0 saturated carbocycles. The first-order valence-electron chi connectivity index (χ1n) is 5.64. The third-order valence-electron chi connectivity index (χ3n) is 2.59. The maximum Gasteiger partial charge on any atom is 0.240 e. The fraction of sp³-hybridized carbons (Fsp3) is 0.800. The Balaban J connectivity index is 1.75.